The van der Waals surface area contributed by atoms with Gasteiger partial charge in [-0.3, -0.25) is 0 Å². The summed E-state index contributed by atoms with van der Waals surface area (Å²) >= 11 is 0. The summed E-state index contributed by atoms with van der Waals surface area (Å²) in [5.74, 6) is 1.50. The molecule has 1 rings (SSSR count). The van der Waals surface area contributed by atoms with Crippen LogP contribution in [0.2, 0.25) is 0 Å². The van der Waals surface area contributed by atoms with Crippen LogP contribution in [0.15, 0.2) is 0 Å². The fourth-order valence-corrected chi connectivity index (χ4v) is 1.89. The average Bonchev–Trinajstić information content (AvgIpc) is 2.16. The van der Waals surface area contributed by atoms with Gasteiger partial charge in [0.2, 0.25) is 0 Å². The van der Waals surface area contributed by atoms with Gasteiger partial charge in [-0.1, -0.05) is 13.3 Å². The van der Waals surface area contributed by atoms with Crippen molar-refractivity contribution in [1.82, 2.24) is 0 Å². The number of rotatable bonds is 4. The van der Waals surface area contributed by atoms with E-state index < -0.39 is 0 Å². The van der Waals surface area contributed by atoms with E-state index in [1.54, 1.807) is 0 Å². The molecule has 1 fully saturated rings. The molecule has 1 aliphatic rings. The predicted molar refractivity (Wildman–Crippen MR) is 51.0 cm³/mol. The maximum Gasteiger partial charge on any atom is 0.0494 e. The molecule has 72 valence electrons. The van der Waals surface area contributed by atoms with Crippen molar-refractivity contribution < 1.29 is 4.74 Å². The van der Waals surface area contributed by atoms with Gasteiger partial charge in [-0.15, -0.1) is 0 Å². The van der Waals surface area contributed by atoms with Crippen molar-refractivity contribution in [3.05, 3.63) is 0 Å². The zero-order valence-corrected chi connectivity index (χ0v) is 8.09. The summed E-state index contributed by atoms with van der Waals surface area (Å²) in [4.78, 5) is 0. The maximum atomic E-state index is 5.66. The Bertz CT molecular complexity index is 106. The van der Waals surface area contributed by atoms with Crippen LogP contribution in [0.1, 0.15) is 32.6 Å². The Morgan fingerprint density at radius 1 is 1.58 bits per heavy atom. The highest BCUT2D eigenvalue weighted by molar-refractivity contribution is 4.68. The van der Waals surface area contributed by atoms with E-state index in [4.69, 9.17) is 10.5 Å². The summed E-state index contributed by atoms with van der Waals surface area (Å²) in [6, 6.07) is 0. The minimum Gasteiger partial charge on any atom is -0.381 e. The van der Waals surface area contributed by atoms with Crippen LogP contribution in [0.5, 0.6) is 0 Å². The van der Waals surface area contributed by atoms with E-state index in [1.807, 2.05) is 0 Å². The van der Waals surface area contributed by atoms with Gasteiger partial charge in [0.15, 0.2) is 0 Å². The van der Waals surface area contributed by atoms with Crippen LogP contribution in [0.3, 0.4) is 0 Å². The number of hydrogen-bond donors (Lipinski definition) is 1. The Morgan fingerprint density at radius 3 is 2.92 bits per heavy atom. The van der Waals surface area contributed by atoms with Crippen molar-refractivity contribution >= 4 is 0 Å². The fourth-order valence-electron chi connectivity index (χ4n) is 1.89. The third kappa shape index (κ3) is 3.11. The first-order valence-corrected chi connectivity index (χ1v) is 5.14. The van der Waals surface area contributed by atoms with Crippen LogP contribution in [0.25, 0.3) is 0 Å². The monoisotopic (exact) mass is 171 g/mol. The molecule has 2 nitrogen and oxygen atoms in total. The summed E-state index contributed by atoms with van der Waals surface area (Å²) in [7, 11) is 0. The van der Waals surface area contributed by atoms with Gasteiger partial charge in [0.1, 0.15) is 0 Å². The molecular weight excluding hydrogens is 150 g/mol. The summed E-state index contributed by atoms with van der Waals surface area (Å²) in [5, 5.41) is 0. The molecule has 12 heavy (non-hydrogen) atoms. The Kier molecular flexibility index (Phi) is 4.62. The number of ether oxygens (including phenoxy) is 1. The molecule has 0 radical (unpaired) electrons. The summed E-state index contributed by atoms with van der Waals surface area (Å²) in [5.41, 5.74) is 5.66. The normalized spacial score (nSPS) is 27.0. The molecule has 0 aromatic rings. The molecule has 2 heteroatoms. The Labute approximate surface area is 75.5 Å². The Hall–Kier alpha value is -0.0800. The van der Waals surface area contributed by atoms with Gasteiger partial charge in [0.05, 0.1) is 0 Å². The summed E-state index contributed by atoms with van der Waals surface area (Å²) in [6.45, 7) is 5.00. The van der Waals surface area contributed by atoms with Crippen molar-refractivity contribution in [3.63, 3.8) is 0 Å². The van der Waals surface area contributed by atoms with Crippen LogP contribution >= 0.6 is 0 Å². The topological polar surface area (TPSA) is 35.2 Å². The van der Waals surface area contributed by atoms with Crippen LogP contribution in [-0.2, 0) is 4.74 Å². The quantitative estimate of drug-likeness (QED) is 0.700. The SMILES string of the molecule is CC[C@H](CN)C[C@H]1CCCOC1. The molecule has 2 atom stereocenters. The molecule has 1 heterocycles. The molecular formula is C10H21NO. The second-order valence-corrected chi connectivity index (χ2v) is 3.83. The third-order valence-electron chi connectivity index (χ3n) is 2.83. The lowest BCUT2D eigenvalue weighted by Crippen LogP contribution is -2.23. The molecule has 0 spiro atoms. The van der Waals surface area contributed by atoms with Gasteiger partial charge >= 0.3 is 0 Å². The lowest BCUT2D eigenvalue weighted by atomic mass is 9.89. The molecule has 0 saturated carbocycles. The van der Waals surface area contributed by atoms with Crippen molar-refractivity contribution in [3.8, 4) is 0 Å². The van der Waals surface area contributed by atoms with E-state index in [1.165, 1.54) is 25.7 Å². The fraction of sp³-hybridized carbons (Fsp3) is 1.00. The van der Waals surface area contributed by atoms with Gasteiger partial charge in [-0.05, 0) is 37.6 Å². The summed E-state index contributed by atoms with van der Waals surface area (Å²) < 4.78 is 5.43. The lowest BCUT2D eigenvalue weighted by Gasteiger charge is -2.25. The van der Waals surface area contributed by atoms with E-state index in [2.05, 4.69) is 6.92 Å². The smallest absolute Gasteiger partial charge is 0.0494 e. The Morgan fingerprint density at radius 2 is 2.42 bits per heavy atom. The van der Waals surface area contributed by atoms with Crippen molar-refractivity contribution in [2.45, 2.75) is 32.6 Å². The third-order valence-corrected chi connectivity index (χ3v) is 2.83. The van der Waals surface area contributed by atoms with Crippen LogP contribution in [-0.4, -0.2) is 19.8 Å². The molecule has 1 aliphatic heterocycles. The lowest BCUT2D eigenvalue weighted by molar-refractivity contribution is 0.0453. The van der Waals surface area contributed by atoms with Crippen LogP contribution in [0.4, 0.5) is 0 Å². The standard InChI is InChI=1S/C10H21NO/c1-2-9(7-11)6-10-4-3-5-12-8-10/h9-10H,2-8,11H2,1H3/t9-,10+/m0/s1. The molecule has 0 unspecified atom stereocenters. The zero-order valence-electron chi connectivity index (χ0n) is 8.09. The van der Waals surface area contributed by atoms with Crippen molar-refractivity contribution in [2.24, 2.45) is 17.6 Å². The predicted octanol–water partition coefficient (Wildman–Crippen LogP) is 1.79. The molecule has 0 aromatic heterocycles. The maximum absolute atomic E-state index is 5.66. The first-order chi connectivity index (χ1) is 5.86. The number of nitrogens with two attached hydrogens (primary N) is 1. The van der Waals surface area contributed by atoms with E-state index in [0.717, 1.165) is 31.6 Å². The average molecular weight is 171 g/mol. The molecule has 1 saturated heterocycles. The minimum absolute atomic E-state index is 0.719. The van der Waals surface area contributed by atoms with E-state index in [9.17, 15) is 0 Å². The second-order valence-electron chi connectivity index (χ2n) is 3.83. The largest absolute Gasteiger partial charge is 0.381 e. The van der Waals surface area contributed by atoms with Crippen LogP contribution in [0, 0.1) is 11.8 Å². The molecule has 0 aliphatic carbocycles. The highest BCUT2D eigenvalue weighted by Crippen LogP contribution is 2.22. The van der Waals surface area contributed by atoms with Gasteiger partial charge in [-0.25, -0.2) is 0 Å². The first-order valence-electron chi connectivity index (χ1n) is 5.14. The second kappa shape index (κ2) is 5.55. The molecule has 2 N–H and O–H groups in total. The molecule has 0 aromatic carbocycles. The molecule has 0 amide bonds. The van der Waals surface area contributed by atoms with Gasteiger partial charge in [0.25, 0.3) is 0 Å². The highest BCUT2D eigenvalue weighted by Gasteiger charge is 2.17. The van der Waals surface area contributed by atoms with Gasteiger partial charge in [-0.2, -0.15) is 0 Å². The van der Waals surface area contributed by atoms with E-state index in [-0.39, 0.29) is 0 Å². The van der Waals surface area contributed by atoms with Crippen LogP contribution < -0.4 is 5.73 Å². The minimum atomic E-state index is 0.719. The van der Waals surface area contributed by atoms with Gasteiger partial charge < -0.3 is 10.5 Å². The number of hydrogen-bond acceptors (Lipinski definition) is 2. The van der Waals surface area contributed by atoms with Crippen molar-refractivity contribution in [2.75, 3.05) is 19.8 Å². The summed E-state index contributed by atoms with van der Waals surface area (Å²) in [6.07, 6.45) is 5.07. The first kappa shape index (κ1) is 10.0. The zero-order chi connectivity index (χ0) is 8.81. The van der Waals surface area contributed by atoms with E-state index in [0.29, 0.717) is 0 Å². The highest BCUT2D eigenvalue weighted by atomic mass is 16.5. The Balaban J connectivity index is 2.18. The van der Waals surface area contributed by atoms with Crippen molar-refractivity contribution in [1.29, 1.82) is 0 Å². The van der Waals surface area contributed by atoms with E-state index >= 15 is 0 Å². The molecule has 0 bridgehead atoms. The van der Waals surface area contributed by atoms with Gasteiger partial charge in [0, 0.05) is 13.2 Å².